The minimum Gasteiger partial charge on any atom is -0.497 e. The maximum atomic E-state index is 12.4. The van der Waals surface area contributed by atoms with Crippen molar-refractivity contribution in [1.82, 2.24) is 19.8 Å². The number of anilines is 1. The van der Waals surface area contributed by atoms with Gasteiger partial charge in [0.1, 0.15) is 16.5 Å². The van der Waals surface area contributed by atoms with E-state index in [0.29, 0.717) is 33.7 Å². The van der Waals surface area contributed by atoms with E-state index in [-0.39, 0.29) is 11.7 Å². The van der Waals surface area contributed by atoms with Crippen LogP contribution in [-0.2, 0) is 4.79 Å². The maximum absolute atomic E-state index is 12.4. The van der Waals surface area contributed by atoms with Crippen LogP contribution >= 0.6 is 23.1 Å². The third-order valence-corrected chi connectivity index (χ3v) is 5.80. The first-order chi connectivity index (χ1) is 14.2. The highest BCUT2D eigenvalue weighted by atomic mass is 32.2. The topological polar surface area (TPSA) is 90.6 Å². The van der Waals surface area contributed by atoms with Crippen LogP contribution in [0.2, 0.25) is 0 Å². The number of rotatable bonds is 7. The van der Waals surface area contributed by atoms with Gasteiger partial charge in [0, 0.05) is 6.07 Å². The fraction of sp³-hybridized carbons (Fsp3) is 0.158. The molecule has 3 aromatic heterocycles. The fourth-order valence-electron chi connectivity index (χ4n) is 2.65. The minimum absolute atomic E-state index is 0.175. The Hall–Kier alpha value is -3.11. The molecule has 0 radical (unpaired) electrons. The summed E-state index contributed by atoms with van der Waals surface area (Å²) in [7, 11) is 3.12. The van der Waals surface area contributed by atoms with Crippen molar-refractivity contribution in [2.75, 3.05) is 25.3 Å². The second kappa shape index (κ2) is 8.50. The zero-order valence-electron chi connectivity index (χ0n) is 15.7. The predicted octanol–water partition coefficient (Wildman–Crippen LogP) is 3.60. The van der Waals surface area contributed by atoms with Crippen LogP contribution in [0.3, 0.4) is 0 Å². The van der Waals surface area contributed by atoms with Crippen LogP contribution in [0.1, 0.15) is 0 Å². The van der Waals surface area contributed by atoms with Crippen molar-refractivity contribution in [1.29, 1.82) is 0 Å². The molecule has 0 aliphatic rings. The fourth-order valence-corrected chi connectivity index (χ4v) is 3.99. The molecule has 0 bridgehead atoms. The molecule has 0 unspecified atom stereocenters. The summed E-state index contributed by atoms with van der Waals surface area (Å²) in [4.78, 5) is 13.4. The van der Waals surface area contributed by atoms with Crippen LogP contribution in [0.15, 0.2) is 52.9 Å². The van der Waals surface area contributed by atoms with Crippen molar-refractivity contribution in [2.45, 2.75) is 5.03 Å². The van der Waals surface area contributed by atoms with Crippen molar-refractivity contribution < 1.29 is 14.3 Å². The molecule has 4 aromatic rings. The predicted molar refractivity (Wildman–Crippen MR) is 113 cm³/mol. The van der Waals surface area contributed by atoms with Crippen molar-refractivity contribution in [3.8, 4) is 22.2 Å². The standard InChI is InChI=1S/C19H17N5O3S2/c1-26-12-5-6-14(27-2)13(10-12)20-17(25)11-29-18-8-7-16-21-22-19(24(16)23-18)15-4-3-9-28-15/h3-10H,11H2,1-2H3,(H,20,25). The van der Waals surface area contributed by atoms with Gasteiger partial charge in [0.05, 0.1) is 30.5 Å². The quantitative estimate of drug-likeness (QED) is 0.451. The molecule has 1 aromatic carbocycles. The molecule has 0 saturated heterocycles. The molecule has 148 valence electrons. The summed E-state index contributed by atoms with van der Waals surface area (Å²) in [6, 6.07) is 12.8. The SMILES string of the molecule is COc1ccc(OC)c(NC(=O)CSc2ccc3nnc(-c4cccs4)n3n2)c1. The molecule has 10 heteroatoms. The van der Waals surface area contributed by atoms with Crippen molar-refractivity contribution in [3.05, 3.63) is 47.8 Å². The van der Waals surface area contributed by atoms with Gasteiger partial charge in [-0.1, -0.05) is 17.8 Å². The molecular formula is C19H17N5O3S2. The lowest BCUT2D eigenvalue weighted by molar-refractivity contribution is -0.113. The van der Waals surface area contributed by atoms with E-state index in [4.69, 9.17) is 9.47 Å². The highest BCUT2D eigenvalue weighted by molar-refractivity contribution is 7.99. The van der Waals surface area contributed by atoms with Crippen molar-refractivity contribution in [3.63, 3.8) is 0 Å². The van der Waals surface area contributed by atoms with Gasteiger partial charge >= 0.3 is 0 Å². The van der Waals surface area contributed by atoms with E-state index in [9.17, 15) is 4.79 Å². The summed E-state index contributed by atoms with van der Waals surface area (Å²) in [5, 5.41) is 18.5. The molecule has 3 heterocycles. The van der Waals surface area contributed by atoms with Gasteiger partial charge < -0.3 is 14.8 Å². The highest BCUT2D eigenvalue weighted by Gasteiger charge is 2.13. The third-order valence-electron chi connectivity index (χ3n) is 4.01. The first-order valence-electron chi connectivity index (χ1n) is 8.59. The van der Waals surface area contributed by atoms with E-state index in [1.54, 1.807) is 48.3 Å². The van der Waals surface area contributed by atoms with Gasteiger partial charge in [0.2, 0.25) is 5.91 Å². The molecule has 0 atom stereocenters. The Labute approximate surface area is 174 Å². The summed E-state index contributed by atoms with van der Waals surface area (Å²) in [6.07, 6.45) is 0. The van der Waals surface area contributed by atoms with Gasteiger partial charge in [-0.3, -0.25) is 4.79 Å². The summed E-state index contributed by atoms with van der Waals surface area (Å²) in [6.45, 7) is 0. The zero-order chi connectivity index (χ0) is 20.2. The van der Waals surface area contributed by atoms with Crippen LogP contribution in [0.4, 0.5) is 5.69 Å². The summed E-state index contributed by atoms with van der Waals surface area (Å²) >= 11 is 2.90. The van der Waals surface area contributed by atoms with Crippen LogP contribution in [0.5, 0.6) is 11.5 Å². The second-order valence-electron chi connectivity index (χ2n) is 5.85. The van der Waals surface area contributed by atoms with Gasteiger partial charge in [-0.05, 0) is 35.7 Å². The Morgan fingerprint density at radius 1 is 1.17 bits per heavy atom. The Bertz CT molecular complexity index is 1140. The van der Waals surface area contributed by atoms with Crippen LogP contribution in [0.25, 0.3) is 16.3 Å². The molecule has 1 amide bonds. The number of thioether (sulfide) groups is 1. The lowest BCUT2D eigenvalue weighted by Gasteiger charge is -2.11. The number of aromatic nitrogens is 4. The van der Waals surface area contributed by atoms with E-state index < -0.39 is 0 Å². The van der Waals surface area contributed by atoms with Crippen molar-refractivity contribution >= 4 is 40.3 Å². The Morgan fingerprint density at radius 3 is 2.83 bits per heavy atom. The van der Waals surface area contributed by atoms with E-state index >= 15 is 0 Å². The molecule has 0 aliphatic carbocycles. The number of hydrogen-bond donors (Lipinski definition) is 1. The Kier molecular flexibility index (Phi) is 5.63. The number of nitrogens with zero attached hydrogens (tertiary/aromatic N) is 4. The average Bonchev–Trinajstić information content (AvgIpc) is 3.41. The molecular weight excluding hydrogens is 410 g/mol. The molecule has 29 heavy (non-hydrogen) atoms. The molecule has 1 N–H and O–H groups in total. The number of fused-ring (bicyclic) bond motifs is 1. The summed E-state index contributed by atoms with van der Waals surface area (Å²) < 4.78 is 12.2. The van der Waals surface area contributed by atoms with Gasteiger partial charge in [-0.15, -0.1) is 21.5 Å². The first kappa shape index (κ1) is 19.2. The number of ether oxygens (including phenoxy) is 2. The molecule has 0 aliphatic heterocycles. The van der Waals surface area contributed by atoms with Gasteiger partial charge in [-0.25, -0.2) is 0 Å². The monoisotopic (exact) mass is 427 g/mol. The normalized spacial score (nSPS) is 10.8. The zero-order valence-corrected chi connectivity index (χ0v) is 17.3. The lowest BCUT2D eigenvalue weighted by Crippen LogP contribution is -2.15. The Balaban J connectivity index is 1.47. The summed E-state index contributed by atoms with van der Waals surface area (Å²) in [5.41, 5.74) is 1.21. The van der Waals surface area contributed by atoms with Gasteiger partial charge in [0.15, 0.2) is 11.5 Å². The second-order valence-corrected chi connectivity index (χ2v) is 7.79. The molecule has 0 saturated carbocycles. The third kappa shape index (κ3) is 4.17. The lowest BCUT2D eigenvalue weighted by atomic mass is 10.2. The maximum Gasteiger partial charge on any atom is 0.234 e. The number of thiophene rings is 1. The minimum atomic E-state index is -0.175. The number of hydrogen-bond acceptors (Lipinski definition) is 8. The number of nitrogens with one attached hydrogen (secondary N) is 1. The molecule has 0 fully saturated rings. The molecule has 0 spiro atoms. The number of carbonyl (C=O) groups excluding carboxylic acids is 1. The summed E-state index contributed by atoms with van der Waals surface area (Å²) in [5.74, 6) is 1.90. The van der Waals surface area contributed by atoms with Crippen LogP contribution in [0, 0.1) is 0 Å². The number of amides is 1. The number of methoxy groups -OCH3 is 2. The van der Waals surface area contributed by atoms with Crippen LogP contribution < -0.4 is 14.8 Å². The molecule has 8 nitrogen and oxygen atoms in total. The van der Waals surface area contributed by atoms with Crippen LogP contribution in [-0.4, -0.2) is 45.7 Å². The first-order valence-corrected chi connectivity index (χ1v) is 10.5. The average molecular weight is 428 g/mol. The van der Waals surface area contributed by atoms with E-state index in [1.165, 1.54) is 11.8 Å². The van der Waals surface area contributed by atoms with E-state index in [0.717, 1.165) is 4.88 Å². The van der Waals surface area contributed by atoms with Gasteiger partial charge in [-0.2, -0.15) is 9.61 Å². The smallest absolute Gasteiger partial charge is 0.234 e. The number of carbonyl (C=O) groups is 1. The Morgan fingerprint density at radius 2 is 2.07 bits per heavy atom. The van der Waals surface area contributed by atoms with E-state index in [1.807, 2.05) is 29.6 Å². The molecule has 4 rings (SSSR count). The highest BCUT2D eigenvalue weighted by Crippen LogP contribution is 2.29. The van der Waals surface area contributed by atoms with Gasteiger partial charge in [0.25, 0.3) is 0 Å². The van der Waals surface area contributed by atoms with E-state index in [2.05, 4.69) is 20.6 Å². The van der Waals surface area contributed by atoms with Crippen molar-refractivity contribution in [2.24, 2.45) is 0 Å². The largest absolute Gasteiger partial charge is 0.497 e. The number of benzene rings is 1.